The normalized spacial score (nSPS) is 13.2. The fraction of sp³-hybridized carbons (Fsp3) is 0.164. The first-order chi connectivity index (χ1) is 38.5. The number of hydrogen-bond donors (Lipinski definition) is 0. The average molecular weight is 1280 g/mol. The zero-order valence-electron chi connectivity index (χ0n) is 41.1. The third-order valence-electron chi connectivity index (χ3n) is 12.8. The molecule has 0 atom stereocenters. The Morgan fingerprint density at radius 1 is 0.381 bits per heavy atom. The summed E-state index contributed by atoms with van der Waals surface area (Å²) in [5.74, 6) is 0.146. The standard InChI is InChI=1S/C32H12BF24.C23H17BrNO2/c34-25(35,36)13-1-14(26(37,38)39)6-21(5-13)33(22-7-15(27(40,41)42)2-16(8-22)28(43,44)45,23-9-17(29(46,47)48)3-18(10-23)30(49,50)51)24-11-19(31(52,53)54)4-20(12-24)32(55,56)57;24-19-10-12-20(13-11-19)27-23(26)22-21-9-5-4-8-18(21)14-15-25(22)16-17-6-2-1-3-7-17/h1-12H;1-15H,16H2/q-1;+1. The van der Waals surface area contributed by atoms with Gasteiger partial charge in [0.25, 0.3) is 5.69 Å². The summed E-state index contributed by atoms with van der Waals surface area (Å²) in [6.07, 6.45) is -52.9. The van der Waals surface area contributed by atoms with Gasteiger partial charge in [0.1, 0.15) is 11.9 Å². The molecule has 0 bridgehead atoms. The van der Waals surface area contributed by atoms with Gasteiger partial charge in [-0.15, -0.1) is 0 Å². The van der Waals surface area contributed by atoms with Crippen LogP contribution in [0.1, 0.15) is 60.6 Å². The number of carbonyl (C=O) groups is 1. The molecule has 3 nitrogen and oxygen atoms in total. The van der Waals surface area contributed by atoms with Gasteiger partial charge >= 0.3 is 55.4 Å². The lowest BCUT2D eigenvalue weighted by atomic mass is 9.12. The van der Waals surface area contributed by atoms with Crippen LogP contribution in [0.2, 0.25) is 0 Å². The van der Waals surface area contributed by atoms with E-state index in [1.54, 1.807) is 12.1 Å². The van der Waals surface area contributed by atoms with E-state index in [0.29, 0.717) is 18.0 Å². The summed E-state index contributed by atoms with van der Waals surface area (Å²) in [4.78, 5) is 13.1. The quantitative estimate of drug-likeness (QED) is 0.0499. The summed E-state index contributed by atoms with van der Waals surface area (Å²) in [7, 11) is 0. The number of pyridine rings is 1. The third kappa shape index (κ3) is 14.4. The molecule has 444 valence electrons. The van der Waals surface area contributed by atoms with Gasteiger partial charge in [-0.05, 0) is 60.0 Å². The molecule has 1 aromatic heterocycles. The highest BCUT2D eigenvalue weighted by Gasteiger charge is 2.47. The van der Waals surface area contributed by atoms with Crippen molar-refractivity contribution in [3.63, 3.8) is 0 Å². The van der Waals surface area contributed by atoms with E-state index in [0.717, 1.165) is 20.8 Å². The van der Waals surface area contributed by atoms with Crippen LogP contribution in [0.4, 0.5) is 105 Å². The molecule has 0 radical (unpaired) electrons. The molecule has 0 unspecified atom stereocenters. The summed E-state index contributed by atoms with van der Waals surface area (Å²) in [5.41, 5.74) is -28.5. The average Bonchev–Trinajstić information content (AvgIpc) is 0.841. The minimum absolute atomic E-state index is 0.370. The number of hydrogen-bond acceptors (Lipinski definition) is 2. The summed E-state index contributed by atoms with van der Waals surface area (Å²) >= 11 is 3.39. The van der Waals surface area contributed by atoms with E-state index in [1.165, 1.54) is 0 Å². The van der Waals surface area contributed by atoms with Gasteiger partial charge in [-0.25, -0.2) is 4.79 Å². The number of ether oxygens (including phenoxy) is 1. The minimum Gasteiger partial charge on any atom is -0.419 e. The van der Waals surface area contributed by atoms with E-state index in [4.69, 9.17) is 4.74 Å². The minimum atomic E-state index is -6.13. The molecule has 0 aliphatic heterocycles. The Hall–Kier alpha value is -7.72. The largest absolute Gasteiger partial charge is 0.419 e. The van der Waals surface area contributed by atoms with Crippen molar-refractivity contribution in [3.8, 4) is 5.75 Å². The summed E-state index contributed by atoms with van der Waals surface area (Å²) in [6.45, 7) is 0.594. The van der Waals surface area contributed by atoms with Gasteiger partial charge < -0.3 is 4.74 Å². The van der Waals surface area contributed by atoms with Gasteiger partial charge in [-0.2, -0.15) is 132 Å². The Morgan fingerprint density at radius 3 is 0.988 bits per heavy atom. The summed E-state index contributed by atoms with van der Waals surface area (Å²) in [6, 6.07) is 18.4. The predicted octanol–water partition coefficient (Wildman–Crippen LogP) is 16.4. The molecule has 0 amide bonds. The Bertz CT molecular complexity index is 3270. The first kappa shape index (κ1) is 63.9. The first-order valence-corrected chi connectivity index (χ1v) is 24.0. The number of aromatic nitrogens is 1. The van der Waals surface area contributed by atoms with Crippen LogP contribution in [-0.2, 0) is 56.0 Å². The second-order valence-electron chi connectivity index (χ2n) is 18.4. The maximum atomic E-state index is 14.2. The molecule has 8 aromatic rings. The fourth-order valence-corrected chi connectivity index (χ4v) is 9.39. The Labute approximate surface area is 464 Å². The topological polar surface area (TPSA) is 30.2 Å². The molecule has 0 saturated carbocycles. The molecule has 0 saturated heterocycles. The van der Waals surface area contributed by atoms with Gasteiger partial charge in [0.05, 0.1) is 49.9 Å². The van der Waals surface area contributed by atoms with Gasteiger partial charge in [-0.1, -0.05) is 113 Å². The smallest absolute Gasteiger partial charge is 0.416 e. The van der Waals surface area contributed by atoms with Gasteiger partial charge in [0.15, 0.2) is 12.7 Å². The van der Waals surface area contributed by atoms with Crippen molar-refractivity contribution < 1.29 is 119 Å². The molecule has 29 heteroatoms. The van der Waals surface area contributed by atoms with Crippen LogP contribution < -0.4 is 31.2 Å². The molecule has 0 aliphatic carbocycles. The number of alkyl halides is 24. The number of nitrogens with zero attached hydrogens (tertiary/aromatic N) is 1. The summed E-state index contributed by atoms with van der Waals surface area (Å²) < 4.78 is 349. The van der Waals surface area contributed by atoms with E-state index < -0.39 is 195 Å². The van der Waals surface area contributed by atoms with Crippen LogP contribution in [0, 0.1) is 0 Å². The van der Waals surface area contributed by atoms with Crippen molar-refractivity contribution in [2.45, 2.75) is 56.0 Å². The number of benzene rings is 7. The molecule has 0 N–H and O–H groups in total. The Kier molecular flexibility index (Phi) is 17.3. The lowest BCUT2D eigenvalue weighted by Gasteiger charge is -2.46. The van der Waals surface area contributed by atoms with E-state index in [2.05, 4.69) is 15.9 Å². The van der Waals surface area contributed by atoms with E-state index in [-0.39, 0.29) is 5.97 Å². The van der Waals surface area contributed by atoms with Gasteiger partial charge in [0, 0.05) is 16.1 Å². The van der Waals surface area contributed by atoms with Gasteiger partial charge in [0.2, 0.25) is 0 Å². The molecular weight excluding hydrogens is 1250 g/mol. The zero-order chi connectivity index (χ0) is 62.6. The number of halogens is 25. The Morgan fingerprint density at radius 2 is 0.679 bits per heavy atom. The lowest BCUT2D eigenvalue weighted by molar-refractivity contribution is -0.689. The highest BCUT2D eigenvalue weighted by atomic mass is 79.9. The molecule has 7 aromatic carbocycles. The monoisotopic (exact) mass is 1280 g/mol. The van der Waals surface area contributed by atoms with E-state index in [1.807, 2.05) is 83.6 Å². The Balaban J connectivity index is 0.000000309. The number of rotatable bonds is 8. The molecule has 0 aliphatic rings. The van der Waals surface area contributed by atoms with Crippen LogP contribution in [0.25, 0.3) is 10.8 Å². The van der Waals surface area contributed by atoms with Crippen LogP contribution >= 0.6 is 15.9 Å². The SMILES string of the molecule is FC(F)(F)c1cc([B-](c2cc(C(F)(F)F)cc(C(F)(F)F)c2)(c2cc(C(F)(F)F)cc(C(F)(F)F)c2)c2cc(C(F)(F)F)cc(C(F)(F)F)c2)cc(C(F)(F)F)c1.O=C(Oc1ccc(Br)cc1)c1c2ccccc2cc[n+]1Cc1ccccc1. The highest BCUT2D eigenvalue weighted by Crippen LogP contribution is 2.42. The lowest BCUT2D eigenvalue weighted by Crippen LogP contribution is -2.75. The van der Waals surface area contributed by atoms with Crippen LogP contribution in [0.3, 0.4) is 0 Å². The second kappa shape index (κ2) is 22.7. The van der Waals surface area contributed by atoms with Crippen LogP contribution in [0.15, 0.2) is 168 Å². The van der Waals surface area contributed by atoms with Crippen molar-refractivity contribution in [2.24, 2.45) is 0 Å². The maximum Gasteiger partial charge on any atom is 0.416 e. The number of carbonyl (C=O) groups excluding carboxylic acids is 1. The number of esters is 1. The summed E-state index contributed by atoms with van der Waals surface area (Å²) in [5, 5.41) is 1.88. The molecule has 0 spiro atoms. The fourth-order valence-electron chi connectivity index (χ4n) is 9.13. The van der Waals surface area contributed by atoms with Crippen LogP contribution in [-0.4, -0.2) is 12.1 Å². The van der Waals surface area contributed by atoms with Crippen molar-refractivity contribution in [1.82, 2.24) is 0 Å². The first-order valence-electron chi connectivity index (χ1n) is 23.3. The molecule has 8 rings (SSSR count). The third-order valence-corrected chi connectivity index (χ3v) is 13.3. The predicted molar refractivity (Wildman–Crippen MR) is 259 cm³/mol. The number of fused-ring (bicyclic) bond motifs is 1. The van der Waals surface area contributed by atoms with Crippen molar-refractivity contribution in [3.05, 3.63) is 224 Å². The van der Waals surface area contributed by atoms with Gasteiger partial charge in [-0.3, -0.25) is 0 Å². The highest BCUT2D eigenvalue weighted by molar-refractivity contribution is 9.10. The molecular formula is C55H29BBrF24NO2. The van der Waals surface area contributed by atoms with Crippen molar-refractivity contribution in [2.75, 3.05) is 0 Å². The van der Waals surface area contributed by atoms with E-state index >= 15 is 0 Å². The molecule has 1 heterocycles. The molecule has 84 heavy (non-hydrogen) atoms. The maximum absolute atomic E-state index is 14.2. The second-order valence-corrected chi connectivity index (χ2v) is 19.3. The molecule has 0 fully saturated rings. The zero-order valence-corrected chi connectivity index (χ0v) is 42.7. The van der Waals surface area contributed by atoms with Crippen LogP contribution in [0.5, 0.6) is 5.75 Å². The van der Waals surface area contributed by atoms with Crippen molar-refractivity contribution >= 4 is 60.7 Å². The van der Waals surface area contributed by atoms with E-state index in [9.17, 15) is 110 Å². The van der Waals surface area contributed by atoms with Crippen molar-refractivity contribution in [1.29, 1.82) is 0 Å².